The van der Waals surface area contributed by atoms with Gasteiger partial charge in [-0.3, -0.25) is 14.4 Å². The maximum atomic E-state index is 12.8. The number of carbonyl (C=O) groups is 3. The first kappa shape index (κ1) is 61.1. The summed E-state index contributed by atoms with van der Waals surface area (Å²) in [5, 5.41) is 0. The molecule has 0 aromatic rings. The largest absolute Gasteiger partial charge is 0.462 e. The molecule has 0 fully saturated rings. The van der Waals surface area contributed by atoms with Crippen LogP contribution >= 0.6 is 0 Å². The number of hydrogen-bond donors (Lipinski definition) is 0. The lowest BCUT2D eigenvalue weighted by atomic mass is 10.0. The first-order chi connectivity index (χ1) is 31.5. The fraction of sp³-hybridized carbons (Fsp3) is 0.776. The summed E-state index contributed by atoms with van der Waals surface area (Å²) in [6.07, 6.45) is 65.0. The van der Waals surface area contributed by atoms with Gasteiger partial charge in [-0.2, -0.15) is 0 Å². The number of unbranched alkanes of at least 4 members (excludes halogenated alkanes) is 28. The Labute approximate surface area is 396 Å². The molecule has 0 amide bonds. The molecule has 0 radical (unpaired) electrons. The van der Waals surface area contributed by atoms with Crippen LogP contribution in [0.25, 0.3) is 0 Å². The third-order valence-corrected chi connectivity index (χ3v) is 11.8. The molecule has 0 N–H and O–H groups in total. The molecule has 0 saturated heterocycles. The summed E-state index contributed by atoms with van der Waals surface area (Å²) >= 11 is 0. The van der Waals surface area contributed by atoms with Gasteiger partial charge in [0.1, 0.15) is 13.2 Å². The van der Waals surface area contributed by atoms with Crippen LogP contribution in [0.4, 0.5) is 0 Å². The van der Waals surface area contributed by atoms with Crippen LogP contribution in [-0.4, -0.2) is 37.2 Å². The molecule has 0 aliphatic rings. The fourth-order valence-corrected chi connectivity index (χ4v) is 7.66. The number of hydrogen-bond acceptors (Lipinski definition) is 6. The molecule has 1 atom stereocenters. The minimum absolute atomic E-state index is 0.0893. The number of ether oxygens (including phenoxy) is 3. The molecule has 0 aromatic heterocycles. The lowest BCUT2D eigenvalue weighted by molar-refractivity contribution is -0.167. The molecule has 0 rings (SSSR count). The molecule has 370 valence electrons. The molecule has 64 heavy (non-hydrogen) atoms. The summed E-state index contributed by atoms with van der Waals surface area (Å²) in [6.45, 7) is 6.50. The Kier molecular flexibility index (Phi) is 50.4. The Balaban J connectivity index is 4.38. The average molecular weight is 895 g/mol. The number of esters is 3. The van der Waals surface area contributed by atoms with E-state index < -0.39 is 6.10 Å². The summed E-state index contributed by atoms with van der Waals surface area (Å²) < 4.78 is 16.8. The highest BCUT2D eigenvalue weighted by Gasteiger charge is 2.19. The van der Waals surface area contributed by atoms with E-state index in [0.29, 0.717) is 19.3 Å². The van der Waals surface area contributed by atoms with Gasteiger partial charge in [-0.25, -0.2) is 0 Å². The zero-order valence-corrected chi connectivity index (χ0v) is 42.3. The fourth-order valence-electron chi connectivity index (χ4n) is 7.66. The van der Waals surface area contributed by atoms with E-state index >= 15 is 0 Å². The molecule has 1 unspecified atom stereocenters. The van der Waals surface area contributed by atoms with Gasteiger partial charge in [0, 0.05) is 19.3 Å². The summed E-state index contributed by atoms with van der Waals surface area (Å²) in [5.74, 6) is -0.926. The van der Waals surface area contributed by atoms with Gasteiger partial charge in [0.2, 0.25) is 0 Å². The van der Waals surface area contributed by atoms with Crippen molar-refractivity contribution in [2.24, 2.45) is 0 Å². The second-order valence-electron chi connectivity index (χ2n) is 18.1. The van der Waals surface area contributed by atoms with Gasteiger partial charge < -0.3 is 14.2 Å². The Morgan fingerprint density at radius 1 is 0.328 bits per heavy atom. The average Bonchev–Trinajstić information content (AvgIpc) is 3.29. The van der Waals surface area contributed by atoms with Crippen molar-refractivity contribution in [3.05, 3.63) is 60.8 Å². The summed E-state index contributed by atoms with van der Waals surface area (Å²) in [4.78, 5) is 38.0. The van der Waals surface area contributed by atoms with E-state index in [2.05, 4.69) is 81.5 Å². The quantitative estimate of drug-likeness (QED) is 0.0262. The van der Waals surface area contributed by atoms with E-state index in [1.165, 1.54) is 148 Å². The van der Waals surface area contributed by atoms with Crippen LogP contribution in [0.15, 0.2) is 60.8 Å². The van der Waals surface area contributed by atoms with Gasteiger partial charge in [0.15, 0.2) is 6.10 Å². The van der Waals surface area contributed by atoms with Crippen molar-refractivity contribution in [3.8, 4) is 0 Å². The first-order valence-electron chi connectivity index (χ1n) is 27.3. The summed E-state index contributed by atoms with van der Waals surface area (Å²) in [7, 11) is 0. The Bertz CT molecular complexity index is 1170. The second kappa shape index (κ2) is 52.7. The molecule has 0 aromatic carbocycles. The highest BCUT2D eigenvalue weighted by atomic mass is 16.6. The normalized spacial score (nSPS) is 12.5. The predicted molar refractivity (Wildman–Crippen MR) is 275 cm³/mol. The number of carbonyl (C=O) groups excluding carboxylic acids is 3. The van der Waals surface area contributed by atoms with Crippen molar-refractivity contribution in [1.29, 1.82) is 0 Å². The van der Waals surface area contributed by atoms with Gasteiger partial charge in [0.25, 0.3) is 0 Å². The molecular weight excluding hydrogens is 793 g/mol. The molecule has 0 spiro atoms. The maximum absolute atomic E-state index is 12.8. The van der Waals surface area contributed by atoms with Gasteiger partial charge >= 0.3 is 17.9 Å². The molecule has 0 aliphatic carbocycles. The molecule has 0 aliphatic heterocycles. The van der Waals surface area contributed by atoms with Crippen LogP contribution < -0.4 is 0 Å². The van der Waals surface area contributed by atoms with E-state index in [1.54, 1.807) is 0 Å². The van der Waals surface area contributed by atoms with Crippen molar-refractivity contribution in [2.45, 2.75) is 277 Å². The van der Waals surface area contributed by atoms with E-state index in [0.717, 1.165) is 77.0 Å². The first-order valence-corrected chi connectivity index (χ1v) is 27.3. The SMILES string of the molecule is CC/C=C\C/C=C\C/C=C\C/C=C\CCCCC(=O)OC(COC(=O)CCCCCCCCCCC/C=C\CCCCCCCC)COC(=O)CCCCCCCCCCCCCC. The summed E-state index contributed by atoms with van der Waals surface area (Å²) in [5.41, 5.74) is 0. The van der Waals surface area contributed by atoms with Crippen LogP contribution in [0, 0.1) is 0 Å². The number of rotatable bonds is 49. The second-order valence-corrected chi connectivity index (χ2v) is 18.1. The van der Waals surface area contributed by atoms with E-state index in [-0.39, 0.29) is 37.5 Å². The van der Waals surface area contributed by atoms with Crippen molar-refractivity contribution in [2.75, 3.05) is 13.2 Å². The zero-order valence-electron chi connectivity index (χ0n) is 42.3. The summed E-state index contributed by atoms with van der Waals surface area (Å²) in [6, 6.07) is 0. The third kappa shape index (κ3) is 50.1. The van der Waals surface area contributed by atoms with E-state index in [1.807, 2.05) is 0 Å². The van der Waals surface area contributed by atoms with Gasteiger partial charge in [-0.1, -0.05) is 229 Å². The van der Waals surface area contributed by atoms with E-state index in [9.17, 15) is 14.4 Å². The monoisotopic (exact) mass is 895 g/mol. The highest BCUT2D eigenvalue weighted by molar-refractivity contribution is 5.71. The van der Waals surface area contributed by atoms with Crippen LogP contribution in [0.2, 0.25) is 0 Å². The molecular formula is C58H102O6. The van der Waals surface area contributed by atoms with Crippen molar-refractivity contribution >= 4 is 17.9 Å². The molecule has 0 saturated carbocycles. The maximum Gasteiger partial charge on any atom is 0.306 e. The topological polar surface area (TPSA) is 78.9 Å². The lowest BCUT2D eigenvalue weighted by Crippen LogP contribution is -2.30. The molecule has 0 bridgehead atoms. The lowest BCUT2D eigenvalue weighted by Gasteiger charge is -2.18. The Morgan fingerprint density at radius 2 is 0.609 bits per heavy atom. The van der Waals surface area contributed by atoms with Crippen LogP contribution in [0.5, 0.6) is 0 Å². The van der Waals surface area contributed by atoms with Crippen LogP contribution in [0.1, 0.15) is 271 Å². The minimum Gasteiger partial charge on any atom is -0.462 e. The third-order valence-electron chi connectivity index (χ3n) is 11.8. The van der Waals surface area contributed by atoms with E-state index in [4.69, 9.17) is 14.2 Å². The van der Waals surface area contributed by atoms with Crippen molar-refractivity contribution in [3.63, 3.8) is 0 Å². The number of allylic oxidation sites excluding steroid dienone is 10. The van der Waals surface area contributed by atoms with Gasteiger partial charge in [-0.05, 0) is 83.5 Å². The zero-order chi connectivity index (χ0) is 46.5. The Morgan fingerprint density at radius 3 is 1.00 bits per heavy atom. The standard InChI is InChI=1S/C58H102O6/c1-4-7-10-13-16-19-22-25-27-28-29-30-32-33-36-39-42-45-48-51-57(60)63-54-55(53-62-56(59)50-47-44-41-38-35-24-21-18-15-12-9-6-3)64-58(61)52-49-46-43-40-37-34-31-26-23-20-17-14-11-8-5-2/h8,11,17,20,25-27,31,37,40,55H,4-7,9-10,12-16,18-19,21-24,28-30,32-36,38-39,41-54H2,1-3H3/b11-8-,20-17-,27-25-,31-26-,40-37-. The molecule has 6 nitrogen and oxygen atoms in total. The molecule has 6 heteroatoms. The smallest absolute Gasteiger partial charge is 0.306 e. The predicted octanol–water partition coefficient (Wildman–Crippen LogP) is 18.0. The highest BCUT2D eigenvalue weighted by Crippen LogP contribution is 2.15. The van der Waals surface area contributed by atoms with Crippen molar-refractivity contribution in [1.82, 2.24) is 0 Å². The Hall–Kier alpha value is -2.89. The molecule has 0 heterocycles. The van der Waals surface area contributed by atoms with Gasteiger partial charge in [-0.15, -0.1) is 0 Å². The van der Waals surface area contributed by atoms with Gasteiger partial charge in [0.05, 0.1) is 0 Å². The van der Waals surface area contributed by atoms with Crippen molar-refractivity contribution < 1.29 is 28.6 Å². The minimum atomic E-state index is -0.794. The van der Waals surface area contributed by atoms with Crippen LogP contribution in [0.3, 0.4) is 0 Å². The van der Waals surface area contributed by atoms with Crippen LogP contribution in [-0.2, 0) is 28.6 Å².